The number of benzene rings is 10. The predicted octanol–water partition coefficient (Wildman–Crippen LogP) is 16.0. The highest BCUT2D eigenvalue weighted by Crippen LogP contribution is 2.45. The minimum absolute atomic E-state index is 0.853. The van der Waals surface area contributed by atoms with Crippen LogP contribution in [0.4, 0.5) is 17.1 Å². The first-order chi connectivity index (χ1) is 30.7. The quantitative estimate of drug-likeness (QED) is 0.151. The van der Waals surface area contributed by atoms with Gasteiger partial charge < -0.3 is 9.32 Å². The van der Waals surface area contributed by atoms with Crippen molar-refractivity contribution >= 4 is 71.6 Å². The van der Waals surface area contributed by atoms with Crippen LogP contribution in [0.5, 0.6) is 0 Å². The number of hydrogen-bond donors (Lipinski definition) is 0. The highest BCUT2D eigenvalue weighted by Gasteiger charge is 2.21. The average molecular weight is 792 g/mol. The Labute approximate surface area is 358 Å². The van der Waals surface area contributed by atoms with Crippen molar-refractivity contribution in [1.82, 2.24) is 9.97 Å². The van der Waals surface area contributed by atoms with E-state index in [-0.39, 0.29) is 0 Å². The highest BCUT2D eigenvalue weighted by molar-refractivity contribution is 6.19. The van der Waals surface area contributed by atoms with Crippen molar-refractivity contribution in [2.45, 2.75) is 0 Å². The number of nitrogens with zero attached hydrogens (tertiary/aromatic N) is 3. The van der Waals surface area contributed by atoms with Crippen molar-refractivity contribution in [2.75, 3.05) is 4.90 Å². The number of para-hydroxylation sites is 2. The first-order valence-corrected chi connectivity index (χ1v) is 21.0. The summed E-state index contributed by atoms with van der Waals surface area (Å²) in [6, 6.07) is 79.3. The lowest BCUT2D eigenvalue weighted by Gasteiger charge is -2.28. The fourth-order valence-electron chi connectivity index (χ4n) is 9.07. The molecule has 12 rings (SSSR count). The van der Waals surface area contributed by atoms with Crippen LogP contribution in [0.1, 0.15) is 0 Å². The van der Waals surface area contributed by atoms with E-state index in [0.717, 1.165) is 105 Å². The Bertz CT molecular complexity index is 3640. The molecular weight excluding hydrogens is 755 g/mol. The zero-order chi connectivity index (χ0) is 41.0. The number of anilines is 3. The third kappa shape index (κ3) is 6.08. The maximum Gasteiger partial charge on any atom is 0.135 e. The Morgan fingerprint density at radius 3 is 1.71 bits per heavy atom. The molecule has 0 bridgehead atoms. The molecule has 0 amide bonds. The molecule has 10 aromatic carbocycles. The number of furan rings is 1. The van der Waals surface area contributed by atoms with Crippen LogP contribution in [0.2, 0.25) is 0 Å². The van der Waals surface area contributed by atoms with E-state index in [0.29, 0.717) is 0 Å². The molecule has 0 atom stereocenters. The molecule has 2 aromatic heterocycles. The van der Waals surface area contributed by atoms with Crippen molar-refractivity contribution in [2.24, 2.45) is 0 Å². The molecule has 0 radical (unpaired) electrons. The summed E-state index contributed by atoms with van der Waals surface area (Å²) in [4.78, 5) is 13.3. The second kappa shape index (κ2) is 14.7. The van der Waals surface area contributed by atoms with Crippen LogP contribution in [0.25, 0.3) is 99.3 Å². The summed E-state index contributed by atoms with van der Waals surface area (Å²) in [6.45, 7) is 0. The molecule has 4 heteroatoms. The third-order valence-corrected chi connectivity index (χ3v) is 12.0. The van der Waals surface area contributed by atoms with Crippen molar-refractivity contribution in [3.8, 4) is 44.8 Å². The molecule has 0 N–H and O–H groups in total. The standard InChI is InChI=1S/C58H37N3O/c1-4-15-38(16-5-1)43-21-14-22-44(35-43)47-23-10-12-25-52(47)61(46-32-34-54-50(37-46)48-24-11-13-26-53(48)62-54)45-31-29-39-27-28-40-30-33-51-58(55(40)49(39)36-45)60-57(42-19-8-3-9-20-42)56(59-51)41-17-6-2-7-18-41/h1-37H. The Balaban J connectivity index is 1.12. The predicted molar refractivity (Wildman–Crippen MR) is 258 cm³/mol. The SMILES string of the molecule is c1ccc(-c2cccc(-c3ccccc3N(c3ccc4oc5ccccc5c4c3)c3ccc4ccc5ccc6nc(-c7ccccc7)c(-c7ccccc7)nc6c5c4c3)c2)cc1. The second-order valence-electron chi connectivity index (χ2n) is 15.7. The number of rotatable bonds is 7. The summed E-state index contributed by atoms with van der Waals surface area (Å²) in [5.74, 6) is 0. The molecule has 0 aliphatic rings. The number of hydrogen-bond acceptors (Lipinski definition) is 4. The summed E-state index contributed by atoms with van der Waals surface area (Å²) in [7, 11) is 0. The summed E-state index contributed by atoms with van der Waals surface area (Å²) >= 11 is 0. The molecule has 0 spiro atoms. The van der Waals surface area contributed by atoms with Crippen LogP contribution in [0.3, 0.4) is 0 Å². The van der Waals surface area contributed by atoms with E-state index in [1.807, 2.05) is 24.3 Å². The maximum absolute atomic E-state index is 6.34. The van der Waals surface area contributed by atoms with Gasteiger partial charge in [0, 0.05) is 44.2 Å². The first-order valence-electron chi connectivity index (χ1n) is 21.0. The van der Waals surface area contributed by atoms with Crippen LogP contribution < -0.4 is 4.90 Å². The van der Waals surface area contributed by atoms with E-state index in [9.17, 15) is 0 Å². The maximum atomic E-state index is 6.34. The van der Waals surface area contributed by atoms with Gasteiger partial charge in [0.2, 0.25) is 0 Å². The first kappa shape index (κ1) is 35.6. The van der Waals surface area contributed by atoms with Gasteiger partial charge in [-0.05, 0) is 87.4 Å². The monoisotopic (exact) mass is 791 g/mol. The smallest absolute Gasteiger partial charge is 0.135 e. The largest absolute Gasteiger partial charge is 0.456 e. The summed E-state index contributed by atoms with van der Waals surface area (Å²) in [5.41, 5.74) is 15.0. The van der Waals surface area contributed by atoms with E-state index in [1.165, 1.54) is 11.1 Å². The molecule has 290 valence electrons. The van der Waals surface area contributed by atoms with E-state index < -0.39 is 0 Å². The van der Waals surface area contributed by atoms with Gasteiger partial charge in [-0.1, -0.05) is 170 Å². The van der Waals surface area contributed by atoms with Gasteiger partial charge in [0.15, 0.2) is 0 Å². The minimum Gasteiger partial charge on any atom is -0.456 e. The van der Waals surface area contributed by atoms with Crippen molar-refractivity contribution in [1.29, 1.82) is 0 Å². The molecule has 62 heavy (non-hydrogen) atoms. The van der Waals surface area contributed by atoms with Crippen LogP contribution in [0, 0.1) is 0 Å². The van der Waals surface area contributed by atoms with Crippen LogP contribution in [0.15, 0.2) is 229 Å². The molecule has 0 fully saturated rings. The molecule has 0 saturated heterocycles. The normalized spacial score (nSPS) is 11.5. The van der Waals surface area contributed by atoms with Gasteiger partial charge in [0.25, 0.3) is 0 Å². The molecule has 12 aromatic rings. The van der Waals surface area contributed by atoms with E-state index in [2.05, 4.69) is 205 Å². The number of aromatic nitrogens is 2. The second-order valence-corrected chi connectivity index (χ2v) is 15.7. The average Bonchev–Trinajstić information content (AvgIpc) is 3.72. The van der Waals surface area contributed by atoms with Crippen LogP contribution >= 0.6 is 0 Å². The van der Waals surface area contributed by atoms with Gasteiger partial charge in [-0.15, -0.1) is 0 Å². The van der Waals surface area contributed by atoms with Crippen molar-refractivity contribution in [3.63, 3.8) is 0 Å². The van der Waals surface area contributed by atoms with Gasteiger partial charge in [-0.2, -0.15) is 0 Å². The topological polar surface area (TPSA) is 42.2 Å². The van der Waals surface area contributed by atoms with Gasteiger partial charge in [0.05, 0.1) is 28.1 Å². The lowest BCUT2D eigenvalue weighted by atomic mass is 9.96. The fraction of sp³-hybridized carbons (Fsp3) is 0. The number of fused-ring (bicyclic) bond motifs is 8. The molecule has 0 aliphatic heterocycles. The van der Waals surface area contributed by atoms with Crippen molar-refractivity contribution < 1.29 is 4.42 Å². The lowest BCUT2D eigenvalue weighted by Crippen LogP contribution is -2.11. The van der Waals surface area contributed by atoms with Crippen LogP contribution in [-0.2, 0) is 0 Å². The van der Waals surface area contributed by atoms with E-state index >= 15 is 0 Å². The summed E-state index contributed by atoms with van der Waals surface area (Å²) in [5, 5.41) is 6.58. The molecule has 2 heterocycles. The van der Waals surface area contributed by atoms with E-state index in [4.69, 9.17) is 14.4 Å². The van der Waals surface area contributed by atoms with Gasteiger partial charge in [-0.3, -0.25) is 0 Å². The van der Waals surface area contributed by atoms with Gasteiger partial charge >= 0.3 is 0 Å². The molecular formula is C58H37N3O. The Morgan fingerprint density at radius 2 is 0.919 bits per heavy atom. The Kier molecular flexibility index (Phi) is 8.46. The minimum atomic E-state index is 0.853. The van der Waals surface area contributed by atoms with Gasteiger partial charge in [0.1, 0.15) is 11.2 Å². The Hall–Kier alpha value is -8.34. The molecule has 4 nitrogen and oxygen atoms in total. The molecule has 0 aliphatic carbocycles. The summed E-state index contributed by atoms with van der Waals surface area (Å²) < 4.78 is 6.34. The summed E-state index contributed by atoms with van der Waals surface area (Å²) in [6.07, 6.45) is 0. The van der Waals surface area contributed by atoms with E-state index in [1.54, 1.807) is 0 Å². The molecule has 0 unspecified atom stereocenters. The van der Waals surface area contributed by atoms with Crippen LogP contribution in [-0.4, -0.2) is 9.97 Å². The van der Waals surface area contributed by atoms with Gasteiger partial charge in [-0.25, -0.2) is 9.97 Å². The zero-order valence-electron chi connectivity index (χ0n) is 33.6. The lowest BCUT2D eigenvalue weighted by molar-refractivity contribution is 0.669. The zero-order valence-corrected chi connectivity index (χ0v) is 33.6. The Morgan fingerprint density at radius 1 is 0.355 bits per heavy atom. The highest BCUT2D eigenvalue weighted by atomic mass is 16.3. The third-order valence-electron chi connectivity index (χ3n) is 12.0. The van der Waals surface area contributed by atoms with Crippen molar-refractivity contribution in [3.05, 3.63) is 224 Å². The fourth-order valence-corrected chi connectivity index (χ4v) is 9.07. The molecule has 0 saturated carbocycles.